The van der Waals surface area contributed by atoms with Gasteiger partial charge in [-0.3, -0.25) is 5.10 Å². The first kappa shape index (κ1) is 17.7. The van der Waals surface area contributed by atoms with Crippen LogP contribution in [-0.4, -0.2) is 32.3 Å². The van der Waals surface area contributed by atoms with E-state index in [2.05, 4.69) is 39.8 Å². The summed E-state index contributed by atoms with van der Waals surface area (Å²) in [5.41, 5.74) is 3.74. The van der Waals surface area contributed by atoms with Crippen LogP contribution >= 0.6 is 12.2 Å². The van der Waals surface area contributed by atoms with E-state index < -0.39 is 0 Å². The lowest BCUT2D eigenvalue weighted by Gasteiger charge is -2.26. The molecule has 0 amide bonds. The number of nitrogens with one attached hydrogen (secondary N) is 1. The molecule has 2 aromatic rings. The molecule has 0 aromatic carbocycles. The van der Waals surface area contributed by atoms with Gasteiger partial charge in [0.05, 0.1) is 6.21 Å². The van der Waals surface area contributed by atoms with Gasteiger partial charge in [0, 0.05) is 29.6 Å². The van der Waals surface area contributed by atoms with Crippen LogP contribution in [0.4, 0.5) is 0 Å². The quantitative estimate of drug-likeness (QED) is 0.629. The van der Waals surface area contributed by atoms with E-state index in [0.717, 1.165) is 30.8 Å². The van der Waals surface area contributed by atoms with Gasteiger partial charge in [-0.15, -0.1) is 0 Å². The molecule has 6 nitrogen and oxygen atoms in total. The first-order valence-electron chi connectivity index (χ1n) is 9.67. The summed E-state index contributed by atoms with van der Waals surface area (Å²) in [4.78, 5) is 0. The van der Waals surface area contributed by atoms with E-state index in [4.69, 9.17) is 17.0 Å². The van der Waals surface area contributed by atoms with Gasteiger partial charge in [-0.1, -0.05) is 19.3 Å². The monoisotopic (exact) mass is 373 g/mol. The van der Waals surface area contributed by atoms with Crippen LogP contribution in [0.15, 0.2) is 11.2 Å². The Hall–Kier alpha value is -1.73. The molecule has 1 aliphatic heterocycles. The molecule has 0 unspecified atom stereocenters. The Bertz CT molecular complexity index is 850. The third-order valence-electron chi connectivity index (χ3n) is 5.67. The van der Waals surface area contributed by atoms with Crippen LogP contribution in [0, 0.1) is 18.6 Å². The molecule has 1 atom stereocenters. The zero-order valence-electron chi connectivity index (χ0n) is 15.6. The Balaban J connectivity index is 1.62. The third kappa shape index (κ3) is 3.30. The fraction of sp³-hybridized carbons (Fsp3) is 0.632. The van der Waals surface area contributed by atoms with Crippen molar-refractivity contribution in [1.82, 2.24) is 19.4 Å². The summed E-state index contributed by atoms with van der Waals surface area (Å²) < 4.78 is 10.5. The van der Waals surface area contributed by atoms with Crippen LogP contribution in [-0.2, 0) is 4.74 Å². The molecular weight excluding hydrogens is 346 g/mol. The van der Waals surface area contributed by atoms with Crippen LogP contribution in [0.1, 0.15) is 79.9 Å². The number of nitrogens with zero attached hydrogens (tertiary/aromatic N) is 4. The van der Waals surface area contributed by atoms with Crippen LogP contribution in [0.2, 0.25) is 0 Å². The predicted molar refractivity (Wildman–Crippen MR) is 104 cm³/mol. The Morgan fingerprint density at radius 3 is 2.77 bits per heavy atom. The van der Waals surface area contributed by atoms with E-state index in [-0.39, 0.29) is 6.10 Å². The summed E-state index contributed by atoms with van der Waals surface area (Å²) in [5, 5.41) is 11.8. The van der Waals surface area contributed by atoms with E-state index in [9.17, 15) is 0 Å². The number of aromatic amines is 1. The average Bonchev–Trinajstić information content (AvgIpc) is 3.34. The maximum Gasteiger partial charge on any atom is 0.216 e. The van der Waals surface area contributed by atoms with Crippen molar-refractivity contribution < 1.29 is 4.74 Å². The average molecular weight is 374 g/mol. The molecule has 0 radical (unpaired) electrons. The molecule has 2 fully saturated rings. The Morgan fingerprint density at radius 2 is 2.04 bits per heavy atom. The molecule has 2 aliphatic rings. The number of aromatic nitrogens is 4. The van der Waals surface area contributed by atoms with Gasteiger partial charge in [0.2, 0.25) is 4.77 Å². The minimum atomic E-state index is -0.0187. The molecule has 3 heterocycles. The highest BCUT2D eigenvalue weighted by molar-refractivity contribution is 7.71. The minimum absolute atomic E-state index is 0.0187. The Labute approximate surface area is 159 Å². The van der Waals surface area contributed by atoms with Gasteiger partial charge >= 0.3 is 0 Å². The summed E-state index contributed by atoms with van der Waals surface area (Å²) in [5.74, 6) is 0.768. The number of hydrogen-bond acceptors (Lipinski definition) is 4. The van der Waals surface area contributed by atoms with Crippen molar-refractivity contribution in [2.24, 2.45) is 5.10 Å². The summed E-state index contributed by atoms with van der Waals surface area (Å²) in [7, 11) is 0. The van der Waals surface area contributed by atoms with E-state index in [0.29, 0.717) is 10.8 Å². The van der Waals surface area contributed by atoms with Crippen molar-refractivity contribution >= 4 is 18.4 Å². The van der Waals surface area contributed by atoms with Crippen molar-refractivity contribution in [3.05, 3.63) is 33.6 Å². The molecule has 1 saturated heterocycles. The van der Waals surface area contributed by atoms with Crippen molar-refractivity contribution in [1.29, 1.82) is 0 Å². The van der Waals surface area contributed by atoms with Crippen LogP contribution in [0.25, 0.3) is 0 Å². The number of H-pyrrole nitrogens is 1. The van der Waals surface area contributed by atoms with Gasteiger partial charge in [0.1, 0.15) is 6.10 Å². The van der Waals surface area contributed by atoms with Gasteiger partial charge in [-0.25, -0.2) is 0 Å². The molecule has 140 valence electrons. The molecule has 0 spiro atoms. The van der Waals surface area contributed by atoms with Gasteiger partial charge in [-0.05, 0) is 57.8 Å². The highest BCUT2D eigenvalue weighted by atomic mass is 32.1. The molecule has 0 bridgehead atoms. The second kappa shape index (κ2) is 7.48. The standard InChI is InChI=1S/C19H27N5OS/c1-13-11-15(14(2)23(13)16-7-4-3-5-8-16)12-20-24-18(21-22-19(24)26)17-9-6-10-25-17/h11-12,16-17H,3-10H2,1-2H3,(H,22,26)/b20-12-/t17-/m1/s1. The normalized spacial score (nSPS) is 21.8. The first-order chi connectivity index (χ1) is 12.6. The van der Waals surface area contributed by atoms with Crippen LogP contribution in [0.5, 0.6) is 0 Å². The van der Waals surface area contributed by atoms with Crippen LogP contribution < -0.4 is 0 Å². The highest BCUT2D eigenvalue weighted by Gasteiger charge is 2.24. The summed E-state index contributed by atoms with van der Waals surface area (Å²) in [6, 6.07) is 2.85. The molecular formula is C19H27N5OS. The smallest absolute Gasteiger partial charge is 0.216 e. The minimum Gasteiger partial charge on any atom is -0.370 e. The molecule has 2 aromatic heterocycles. The van der Waals surface area contributed by atoms with Gasteiger partial charge in [0.15, 0.2) is 5.82 Å². The van der Waals surface area contributed by atoms with E-state index in [1.165, 1.54) is 43.5 Å². The number of ether oxygens (including phenoxy) is 1. The fourth-order valence-electron chi connectivity index (χ4n) is 4.36. The van der Waals surface area contributed by atoms with E-state index >= 15 is 0 Å². The largest absolute Gasteiger partial charge is 0.370 e. The lowest BCUT2D eigenvalue weighted by atomic mass is 9.95. The second-order valence-electron chi connectivity index (χ2n) is 7.43. The second-order valence-corrected chi connectivity index (χ2v) is 7.82. The van der Waals surface area contributed by atoms with Crippen LogP contribution in [0.3, 0.4) is 0 Å². The number of hydrogen-bond donors (Lipinski definition) is 1. The number of aryl methyl sites for hydroxylation is 1. The number of rotatable bonds is 4. The van der Waals surface area contributed by atoms with Gasteiger partial charge in [-0.2, -0.15) is 14.9 Å². The van der Waals surface area contributed by atoms with Gasteiger partial charge in [0.25, 0.3) is 0 Å². The van der Waals surface area contributed by atoms with Crippen molar-refractivity contribution in [3.63, 3.8) is 0 Å². The zero-order chi connectivity index (χ0) is 18.1. The fourth-order valence-corrected chi connectivity index (χ4v) is 4.55. The molecule has 1 aliphatic carbocycles. The summed E-state index contributed by atoms with van der Waals surface area (Å²) in [6.07, 6.45) is 10.5. The maximum atomic E-state index is 5.74. The predicted octanol–water partition coefficient (Wildman–Crippen LogP) is 4.60. The van der Waals surface area contributed by atoms with Crippen molar-refractivity contribution in [2.45, 2.75) is 70.9 Å². The lowest BCUT2D eigenvalue weighted by Crippen LogP contribution is -2.15. The summed E-state index contributed by atoms with van der Waals surface area (Å²) in [6.45, 7) is 5.16. The highest BCUT2D eigenvalue weighted by Crippen LogP contribution is 2.32. The molecule has 7 heteroatoms. The Morgan fingerprint density at radius 1 is 1.23 bits per heavy atom. The lowest BCUT2D eigenvalue weighted by molar-refractivity contribution is 0.102. The molecule has 1 saturated carbocycles. The van der Waals surface area contributed by atoms with E-state index in [1.807, 2.05) is 6.21 Å². The Kier molecular flexibility index (Phi) is 5.09. The zero-order valence-corrected chi connectivity index (χ0v) is 16.4. The first-order valence-corrected chi connectivity index (χ1v) is 10.1. The van der Waals surface area contributed by atoms with Crippen molar-refractivity contribution in [2.75, 3.05) is 6.61 Å². The molecule has 1 N–H and O–H groups in total. The molecule has 26 heavy (non-hydrogen) atoms. The summed E-state index contributed by atoms with van der Waals surface area (Å²) >= 11 is 5.36. The van der Waals surface area contributed by atoms with Crippen molar-refractivity contribution in [3.8, 4) is 0 Å². The topological polar surface area (TPSA) is 60.1 Å². The third-order valence-corrected chi connectivity index (χ3v) is 5.93. The SMILES string of the molecule is Cc1cc(/C=N\n2c([C@H]3CCCO3)n[nH]c2=S)c(C)n1C1CCCCC1. The maximum absolute atomic E-state index is 5.74. The molecule has 4 rings (SSSR count). The van der Waals surface area contributed by atoms with E-state index in [1.54, 1.807) is 4.68 Å². The van der Waals surface area contributed by atoms with Gasteiger partial charge < -0.3 is 9.30 Å².